The van der Waals surface area contributed by atoms with Crippen LogP contribution in [0.4, 0.5) is 17.6 Å². The van der Waals surface area contributed by atoms with Crippen molar-refractivity contribution >= 4 is 10.1 Å². The molecule has 0 aromatic heterocycles. The first-order chi connectivity index (χ1) is 10.2. The van der Waals surface area contributed by atoms with Gasteiger partial charge in [-0.2, -0.15) is 17.2 Å². The molecule has 0 aliphatic rings. The maximum Gasteiger partial charge on any atom is 0.428 e. The summed E-state index contributed by atoms with van der Waals surface area (Å²) < 4.78 is 77.3. The van der Waals surface area contributed by atoms with Gasteiger partial charge in [0.1, 0.15) is 0 Å². The van der Waals surface area contributed by atoms with Crippen molar-refractivity contribution < 1.29 is 30.2 Å². The smallest absolute Gasteiger partial charge is 0.262 e. The number of hydrogen-bond acceptors (Lipinski definition) is 3. The van der Waals surface area contributed by atoms with Gasteiger partial charge in [-0.15, -0.1) is 0 Å². The fraction of sp³-hybridized carbons (Fsp3) is 1.00. The third-order valence-electron chi connectivity index (χ3n) is 3.34. The lowest BCUT2D eigenvalue weighted by Gasteiger charge is -2.21. The molecule has 0 N–H and O–H groups in total. The Balaban J connectivity index is 4.45. The Kier molecular flexibility index (Phi) is 10.2. The van der Waals surface area contributed by atoms with Gasteiger partial charge in [-0.05, 0) is 12.8 Å². The lowest BCUT2D eigenvalue weighted by Crippen LogP contribution is -2.39. The van der Waals surface area contributed by atoms with Gasteiger partial charge in [0.05, 0.1) is 6.10 Å². The largest absolute Gasteiger partial charge is 0.428 e. The highest BCUT2D eigenvalue weighted by molar-refractivity contribution is 7.87. The predicted octanol–water partition coefficient (Wildman–Crippen LogP) is 5.11. The predicted molar refractivity (Wildman–Crippen MR) is 77.6 cm³/mol. The van der Waals surface area contributed by atoms with Crippen molar-refractivity contribution in [3.63, 3.8) is 0 Å². The molecule has 3 nitrogen and oxygen atoms in total. The second-order valence-corrected chi connectivity index (χ2v) is 7.02. The van der Waals surface area contributed by atoms with E-state index in [4.69, 9.17) is 0 Å². The Hall–Kier alpha value is -0.370. The number of hydrogen-bond donors (Lipinski definition) is 0. The Morgan fingerprint density at radius 3 is 1.95 bits per heavy atom. The van der Waals surface area contributed by atoms with E-state index >= 15 is 0 Å². The number of alkyl halides is 4. The van der Waals surface area contributed by atoms with Crippen LogP contribution in [-0.2, 0) is 14.3 Å². The monoisotopic (exact) mass is 350 g/mol. The summed E-state index contributed by atoms with van der Waals surface area (Å²) in [5.41, 5.74) is 0. The second kappa shape index (κ2) is 10.4. The van der Waals surface area contributed by atoms with Crippen LogP contribution in [0.5, 0.6) is 0 Å². The quantitative estimate of drug-likeness (QED) is 0.263. The molecule has 0 radical (unpaired) electrons. The Morgan fingerprint density at radius 1 is 0.909 bits per heavy atom. The first-order valence-corrected chi connectivity index (χ1v) is 9.18. The summed E-state index contributed by atoms with van der Waals surface area (Å²) in [5.74, 6) is 0. The van der Waals surface area contributed by atoms with Crippen LogP contribution < -0.4 is 0 Å². The van der Waals surface area contributed by atoms with E-state index < -0.39 is 27.9 Å². The summed E-state index contributed by atoms with van der Waals surface area (Å²) in [7, 11) is -5.62. The topological polar surface area (TPSA) is 43.4 Å². The summed E-state index contributed by atoms with van der Waals surface area (Å²) in [5, 5.41) is -5.17. The average Bonchev–Trinajstić information content (AvgIpc) is 2.42. The maximum absolute atomic E-state index is 13.0. The fourth-order valence-corrected chi connectivity index (χ4v) is 2.96. The zero-order chi connectivity index (χ0) is 17.2. The molecule has 0 aromatic rings. The van der Waals surface area contributed by atoms with Crippen molar-refractivity contribution in [2.45, 2.75) is 89.4 Å². The molecular formula is C14H26F4O3S. The Morgan fingerprint density at radius 2 is 1.45 bits per heavy atom. The molecule has 0 saturated heterocycles. The normalized spacial score (nSPS) is 14.5. The third-order valence-corrected chi connectivity index (χ3v) is 4.71. The minimum Gasteiger partial charge on any atom is -0.262 e. The van der Waals surface area contributed by atoms with Crippen LogP contribution in [0.3, 0.4) is 0 Å². The van der Waals surface area contributed by atoms with Crippen molar-refractivity contribution in [2.24, 2.45) is 0 Å². The molecule has 0 heterocycles. The molecule has 0 rings (SSSR count). The minimum atomic E-state index is -5.62. The van der Waals surface area contributed by atoms with Crippen LogP contribution in [0.15, 0.2) is 0 Å². The van der Waals surface area contributed by atoms with E-state index in [-0.39, 0.29) is 12.8 Å². The van der Waals surface area contributed by atoms with Gasteiger partial charge in [-0.3, -0.25) is 4.18 Å². The molecule has 0 bridgehead atoms. The number of rotatable bonds is 13. The lowest BCUT2D eigenvalue weighted by atomic mass is 10.0. The standard InChI is InChI=1S/C14H26F4O3S/c1-3-5-6-7-8-9-11-12(10-4-2)21-22(19,20)14(17,18)13(15)16/h12-13H,3-11H2,1-2H3. The first-order valence-electron chi connectivity index (χ1n) is 7.77. The van der Waals surface area contributed by atoms with Gasteiger partial charge in [-0.25, -0.2) is 8.78 Å². The van der Waals surface area contributed by atoms with E-state index in [1.54, 1.807) is 6.92 Å². The van der Waals surface area contributed by atoms with Crippen molar-refractivity contribution in [3.8, 4) is 0 Å². The van der Waals surface area contributed by atoms with Crippen LogP contribution >= 0.6 is 0 Å². The van der Waals surface area contributed by atoms with E-state index in [1.807, 2.05) is 0 Å². The minimum absolute atomic E-state index is 0.244. The lowest BCUT2D eigenvalue weighted by molar-refractivity contribution is -0.0732. The molecular weight excluding hydrogens is 324 g/mol. The summed E-state index contributed by atoms with van der Waals surface area (Å²) in [6, 6.07) is 0. The highest BCUT2D eigenvalue weighted by Crippen LogP contribution is 2.32. The summed E-state index contributed by atoms with van der Waals surface area (Å²) >= 11 is 0. The molecule has 0 aliphatic heterocycles. The van der Waals surface area contributed by atoms with Gasteiger partial charge in [0.25, 0.3) is 0 Å². The zero-order valence-corrected chi connectivity index (χ0v) is 14.0. The van der Waals surface area contributed by atoms with Gasteiger partial charge in [0.15, 0.2) is 0 Å². The van der Waals surface area contributed by atoms with Crippen LogP contribution in [-0.4, -0.2) is 26.2 Å². The van der Waals surface area contributed by atoms with Crippen molar-refractivity contribution in [1.82, 2.24) is 0 Å². The van der Waals surface area contributed by atoms with E-state index in [2.05, 4.69) is 11.1 Å². The molecule has 1 atom stereocenters. The van der Waals surface area contributed by atoms with E-state index in [0.717, 1.165) is 32.1 Å². The molecule has 22 heavy (non-hydrogen) atoms. The Labute approximate surface area is 130 Å². The molecule has 134 valence electrons. The molecule has 0 spiro atoms. The van der Waals surface area contributed by atoms with Gasteiger partial charge < -0.3 is 0 Å². The van der Waals surface area contributed by atoms with Crippen LogP contribution in [0.2, 0.25) is 0 Å². The van der Waals surface area contributed by atoms with Crippen LogP contribution in [0.1, 0.15) is 71.6 Å². The second-order valence-electron chi connectivity index (χ2n) is 5.38. The summed E-state index contributed by atoms with van der Waals surface area (Å²) in [6.07, 6.45) is 1.51. The highest BCUT2D eigenvalue weighted by Gasteiger charge is 2.56. The highest BCUT2D eigenvalue weighted by atomic mass is 32.2. The first kappa shape index (κ1) is 21.6. The zero-order valence-electron chi connectivity index (χ0n) is 13.2. The molecule has 0 aromatic carbocycles. The summed E-state index contributed by atoms with van der Waals surface area (Å²) in [6.45, 7) is 3.83. The van der Waals surface area contributed by atoms with Crippen LogP contribution in [0, 0.1) is 0 Å². The molecule has 0 fully saturated rings. The van der Waals surface area contributed by atoms with Gasteiger partial charge >= 0.3 is 21.8 Å². The van der Waals surface area contributed by atoms with Gasteiger partial charge in [0, 0.05) is 0 Å². The van der Waals surface area contributed by atoms with Crippen molar-refractivity contribution in [3.05, 3.63) is 0 Å². The molecule has 1 unspecified atom stereocenters. The SMILES string of the molecule is CCCCCCCCC(CCC)OS(=O)(=O)C(F)(F)C(F)F. The molecule has 8 heteroatoms. The van der Waals surface area contributed by atoms with Crippen molar-refractivity contribution in [1.29, 1.82) is 0 Å². The van der Waals surface area contributed by atoms with E-state index in [1.165, 1.54) is 0 Å². The molecule has 0 amide bonds. The summed E-state index contributed by atoms with van der Waals surface area (Å²) in [4.78, 5) is 0. The number of unbranched alkanes of at least 4 members (excludes halogenated alkanes) is 5. The van der Waals surface area contributed by atoms with Crippen molar-refractivity contribution in [2.75, 3.05) is 0 Å². The number of halogens is 4. The molecule has 0 saturated carbocycles. The van der Waals surface area contributed by atoms with Gasteiger partial charge in [0.2, 0.25) is 0 Å². The van der Waals surface area contributed by atoms with E-state index in [9.17, 15) is 26.0 Å². The van der Waals surface area contributed by atoms with Crippen LogP contribution in [0.25, 0.3) is 0 Å². The van der Waals surface area contributed by atoms with Gasteiger partial charge in [-0.1, -0.05) is 58.8 Å². The third kappa shape index (κ3) is 7.26. The fourth-order valence-electron chi connectivity index (χ4n) is 2.07. The maximum atomic E-state index is 13.0. The molecule has 0 aliphatic carbocycles. The Bertz CT molecular complexity index is 386. The average molecular weight is 350 g/mol. The van der Waals surface area contributed by atoms with E-state index in [0.29, 0.717) is 12.8 Å².